The number of thiophene rings is 1. The summed E-state index contributed by atoms with van der Waals surface area (Å²) in [6.07, 6.45) is 2.61. The summed E-state index contributed by atoms with van der Waals surface area (Å²) < 4.78 is 19.4. The molecule has 1 fully saturated rings. The van der Waals surface area contributed by atoms with Gasteiger partial charge in [-0.15, -0.1) is 11.3 Å². The molecule has 1 aromatic carbocycles. The Hall–Kier alpha value is -2.41. The second-order valence-corrected chi connectivity index (χ2v) is 10.3. The molecule has 0 saturated heterocycles. The predicted molar refractivity (Wildman–Crippen MR) is 119 cm³/mol. The molecule has 0 spiro atoms. The van der Waals surface area contributed by atoms with Crippen LogP contribution >= 0.6 is 11.3 Å². The quantitative estimate of drug-likeness (QED) is 0.662. The Morgan fingerprint density at radius 2 is 2.03 bits per heavy atom. The van der Waals surface area contributed by atoms with E-state index in [4.69, 9.17) is 4.74 Å². The Balaban J connectivity index is 1.53. The fourth-order valence-electron chi connectivity index (χ4n) is 4.03. The van der Waals surface area contributed by atoms with Crippen molar-refractivity contribution in [2.75, 3.05) is 19.7 Å². The van der Waals surface area contributed by atoms with E-state index in [1.807, 2.05) is 37.1 Å². The van der Waals surface area contributed by atoms with Crippen molar-refractivity contribution in [3.63, 3.8) is 0 Å². The molecule has 0 radical (unpaired) electrons. The molecule has 2 heterocycles. The first-order chi connectivity index (χ1) is 14.7. The summed E-state index contributed by atoms with van der Waals surface area (Å²) in [6, 6.07) is 7.81. The van der Waals surface area contributed by atoms with Crippen molar-refractivity contribution in [2.24, 2.45) is 5.92 Å². The van der Waals surface area contributed by atoms with Crippen molar-refractivity contribution in [1.29, 1.82) is 0 Å². The van der Waals surface area contributed by atoms with E-state index in [9.17, 15) is 14.0 Å². The largest absolute Gasteiger partial charge is 0.491 e. The average Bonchev–Trinajstić information content (AvgIpc) is 3.45. The van der Waals surface area contributed by atoms with Crippen molar-refractivity contribution in [3.8, 4) is 5.75 Å². The van der Waals surface area contributed by atoms with Crippen molar-refractivity contribution in [3.05, 3.63) is 52.0 Å². The lowest BCUT2D eigenvalue weighted by Crippen LogP contribution is -2.53. The minimum Gasteiger partial charge on any atom is -0.491 e. The Kier molecular flexibility index (Phi) is 6.06. The van der Waals surface area contributed by atoms with E-state index in [0.29, 0.717) is 12.3 Å². The zero-order valence-corrected chi connectivity index (χ0v) is 19.1. The van der Waals surface area contributed by atoms with Gasteiger partial charge in [-0.1, -0.05) is 6.07 Å². The number of fused-ring (bicyclic) bond motifs is 1. The van der Waals surface area contributed by atoms with Gasteiger partial charge in [-0.2, -0.15) is 0 Å². The third-order valence-electron chi connectivity index (χ3n) is 5.91. The van der Waals surface area contributed by atoms with Gasteiger partial charge in [-0.25, -0.2) is 4.39 Å². The van der Waals surface area contributed by atoms with Crippen molar-refractivity contribution >= 4 is 23.2 Å². The normalized spacial score (nSPS) is 18.5. The Morgan fingerprint density at radius 1 is 1.26 bits per heavy atom. The number of rotatable bonds is 6. The molecule has 0 bridgehead atoms. The molecule has 1 unspecified atom stereocenters. The van der Waals surface area contributed by atoms with Crippen LogP contribution in [0.2, 0.25) is 0 Å². The van der Waals surface area contributed by atoms with Gasteiger partial charge in [0.05, 0.1) is 6.04 Å². The fraction of sp³-hybridized carbons (Fsp3) is 0.500. The molecule has 1 aliphatic heterocycles. The highest BCUT2D eigenvalue weighted by Crippen LogP contribution is 2.36. The zero-order valence-electron chi connectivity index (χ0n) is 18.3. The molecule has 2 amide bonds. The van der Waals surface area contributed by atoms with E-state index in [-0.39, 0.29) is 42.7 Å². The molecule has 166 valence electrons. The average molecular weight is 445 g/mol. The maximum atomic E-state index is 13.5. The molecule has 4 rings (SSSR count). The summed E-state index contributed by atoms with van der Waals surface area (Å²) in [5.41, 5.74) is 0.656. The molecule has 1 aromatic heterocycles. The monoisotopic (exact) mass is 444 g/mol. The first kappa shape index (κ1) is 21.8. The summed E-state index contributed by atoms with van der Waals surface area (Å²) in [7, 11) is 0. The predicted octanol–water partition coefficient (Wildman–Crippen LogP) is 4.43. The van der Waals surface area contributed by atoms with Gasteiger partial charge in [-0.3, -0.25) is 9.59 Å². The van der Waals surface area contributed by atoms with Gasteiger partial charge >= 0.3 is 0 Å². The number of halogens is 1. The maximum absolute atomic E-state index is 13.5. The maximum Gasteiger partial charge on any atom is 0.242 e. The lowest BCUT2D eigenvalue weighted by molar-refractivity contribution is -0.147. The van der Waals surface area contributed by atoms with Crippen LogP contribution in [0.15, 0.2) is 35.7 Å². The summed E-state index contributed by atoms with van der Waals surface area (Å²) in [5.74, 6) is 0.138. The Morgan fingerprint density at radius 3 is 2.71 bits per heavy atom. The van der Waals surface area contributed by atoms with Gasteiger partial charge in [0.1, 0.15) is 24.7 Å². The van der Waals surface area contributed by atoms with E-state index in [0.717, 1.165) is 24.8 Å². The first-order valence-electron chi connectivity index (χ1n) is 10.8. The van der Waals surface area contributed by atoms with Crippen molar-refractivity contribution < 1.29 is 18.7 Å². The van der Waals surface area contributed by atoms with Gasteiger partial charge in [0.2, 0.25) is 11.8 Å². The van der Waals surface area contributed by atoms with E-state index < -0.39 is 5.54 Å². The fourth-order valence-corrected chi connectivity index (χ4v) is 4.96. The van der Waals surface area contributed by atoms with E-state index in [1.54, 1.807) is 28.4 Å². The van der Waals surface area contributed by atoms with Crippen molar-refractivity contribution in [1.82, 2.24) is 9.80 Å². The standard InChI is InChI=1S/C24H29FN2O3S/c1-24(2,3)27(23(29)16-7-8-16)14-22(28)26-11-9-21-19(10-12-31-21)20(26)15-30-18-6-4-5-17(25)13-18/h4-6,10,12-13,16,20H,7-9,11,14-15H2,1-3H3. The molecule has 5 nitrogen and oxygen atoms in total. The minimum absolute atomic E-state index is 0.0592. The van der Waals surface area contributed by atoms with E-state index in [1.165, 1.54) is 17.0 Å². The number of carbonyl (C=O) groups excluding carboxylic acids is 2. The molecule has 2 aromatic rings. The third kappa shape index (κ3) is 4.92. The highest BCUT2D eigenvalue weighted by Gasteiger charge is 2.40. The van der Waals surface area contributed by atoms with Crippen LogP contribution in [-0.4, -0.2) is 46.8 Å². The van der Waals surface area contributed by atoms with Crippen LogP contribution in [0.1, 0.15) is 50.1 Å². The first-order valence-corrected chi connectivity index (χ1v) is 11.7. The molecule has 2 aliphatic rings. The number of benzene rings is 1. The van der Waals surface area contributed by atoms with Crippen LogP contribution in [0.4, 0.5) is 4.39 Å². The number of carbonyl (C=O) groups is 2. The van der Waals surface area contributed by atoms with Gasteiger partial charge < -0.3 is 14.5 Å². The molecular weight excluding hydrogens is 415 g/mol. The molecule has 1 aliphatic carbocycles. The van der Waals surface area contributed by atoms with Crippen molar-refractivity contribution in [2.45, 2.75) is 51.6 Å². The lowest BCUT2D eigenvalue weighted by atomic mass is 9.99. The van der Waals surface area contributed by atoms with Gasteiger partial charge in [0, 0.05) is 28.9 Å². The molecule has 1 saturated carbocycles. The second kappa shape index (κ2) is 8.61. The number of hydrogen-bond donors (Lipinski definition) is 0. The Labute approximate surface area is 186 Å². The molecule has 31 heavy (non-hydrogen) atoms. The highest BCUT2D eigenvalue weighted by molar-refractivity contribution is 7.10. The van der Waals surface area contributed by atoms with Gasteiger partial charge in [-0.05, 0) is 69.2 Å². The molecular formula is C24H29FN2O3S. The minimum atomic E-state index is -0.424. The lowest BCUT2D eigenvalue weighted by Gasteiger charge is -2.40. The van der Waals surface area contributed by atoms with Crippen LogP contribution in [0, 0.1) is 11.7 Å². The van der Waals surface area contributed by atoms with Crippen LogP contribution in [0.5, 0.6) is 5.75 Å². The summed E-state index contributed by atoms with van der Waals surface area (Å²) >= 11 is 1.68. The van der Waals surface area contributed by atoms with Crippen LogP contribution in [0.3, 0.4) is 0 Å². The zero-order chi connectivity index (χ0) is 22.2. The number of nitrogens with zero attached hydrogens (tertiary/aromatic N) is 2. The topological polar surface area (TPSA) is 49.9 Å². The number of amides is 2. The highest BCUT2D eigenvalue weighted by atomic mass is 32.1. The number of hydrogen-bond acceptors (Lipinski definition) is 4. The van der Waals surface area contributed by atoms with E-state index in [2.05, 4.69) is 0 Å². The SMILES string of the molecule is CC(C)(C)N(CC(=O)N1CCc2sccc2C1COc1cccc(F)c1)C(=O)C1CC1. The Bertz CT molecular complexity index is 964. The van der Waals surface area contributed by atoms with Crippen LogP contribution < -0.4 is 4.74 Å². The van der Waals surface area contributed by atoms with Crippen LogP contribution in [-0.2, 0) is 16.0 Å². The third-order valence-corrected chi connectivity index (χ3v) is 6.91. The summed E-state index contributed by atoms with van der Waals surface area (Å²) in [4.78, 5) is 31.1. The second-order valence-electron chi connectivity index (χ2n) is 9.29. The number of ether oxygens (including phenoxy) is 1. The summed E-state index contributed by atoms with van der Waals surface area (Å²) in [5, 5.41) is 2.03. The smallest absolute Gasteiger partial charge is 0.242 e. The van der Waals surface area contributed by atoms with Gasteiger partial charge in [0.15, 0.2) is 0 Å². The van der Waals surface area contributed by atoms with Gasteiger partial charge in [0.25, 0.3) is 0 Å². The summed E-state index contributed by atoms with van der Waals surface area (Å²) in [6.45, 7) is 6.80. The van der Waals surface area contributed by atoms with E-state index >= 15 is 0 Å². The molecule has 0 N–H and O–H groups in total. The molecule has 1 atom stereocenters. The van der Waals surface area contributed by atoms with Crippen LogP contribution in [0.25, 0.3) is 0 Å². The molecule has 7 heteroatoms.